The maximum absolute atomic E-state index is 15.0. The van der Waals surface area contributed by atoms with Gasteiger partial charge in [-0.05, 0) is 36.1 Å². The van der Waals surface area contributed by atoms with Crippen LogP contribution in [-0.4, -0.2) is 5.97 Å². The van der Waals surface area contributed by atoms with Crippen LogP contribution in [0.4, 0.5) is 17.7 Å². The van der Waals surface area contributed by atoms with Gasteiger partial charge in [0.1, 0.15) is 17.5 Å². The third-order valence-electron chi connectivity index (χ3n) is 4.00. The molecule has 3 aromatic rings. The van der Waals surface area contributed by atoms with Crippen molar-refractivity contribution in [2.45, 2.75) is 6.92 Å². The Labute approximate surface area is 146 Å². The second kappa shape index (κ2) is 7.00. The van der Waals surface area contributed by atoms with Crippen molar-refractivity contribution in [2.24, 2.45) is 0 Å². The average Bonchev–Trinajstić information content (AvgIpc) is 2.64. The van der Waals surface area contributed by atoms with Gasteiger partial charge >= 0.3 is 5.97 Å². The zero-order valence-electron chi connectivity index (χ0n) is 13.5. The summed E-state index contributed by atoms with van der Waals surface area (Å²) in [4.78, 5) is 15.4. The van der Waals surface area contributed by atoms with Crippen molar-refractivity contribution in [1.82, 2.24) is 0 Å². The standard InChI is InChI=1S/C20H12F4O2/c1-2-4-14-18(20(25)26-24)16(11-7-9-12(21)10-8-11)13-5-3-6-15(22)17(13)19(14)23/h2-10H,1H3/b4-2+. The fourth-order valence-corrected chi connectivity index (χ4v) is 2.96. The molecule has 0 aromatic heterocycles. The molecule has 0 aliphatic heterocycles. The van der Waals surface area contributed by atoms with Gasteiger partial charge in [0.2, 0.25) is 0 Å². The SMILES string of the molecule is C/C=C/c1c(C(=O)OF)c(-c2ccc(F)cc2)c2cccc(F)c2c1F. The van der Waals surface area contributed by atoms with Crippen LogP contribution in [0.3, 0.4) is 0 Å². The number of fused-ring (bicyclic) bond motifs is 1. The Kier molecular flexibility index (Phi) is 4.75. The summed E-state index contributed by atoms with van der Waals surface area (Å²) < 4.78 is 55.3. The Hall–Kier alpha value is -3.15. The van der Waals surface area contributed by atoms with E-state index in [9.17, 15) is 22.5 Å². The summed E-state index contributed by atoms with van der Waals surface area (Å²) >= 11 is 0. The molecule has 0 atom stereocenters. The summed E-state index contributed by atoms with van der Waals surface area (Å²) in [6.07, 6.45) is 2.65. The number of benzene rings is 3. The van der Waals surface area contributed by atoms with E-state index in [0.29, 0.717) is 0 Å². The number of allylic oxidation sites excluding steroid dienone is 1. The molecule has 2 nitrogen and oxygen atoms in total. The summed E-state index contributed by atoms with van der Waals surface area (Å²) in [5.41, 5.74) is -0.385. The summed E-state index contributed by atoms with van der Waals surface area (Å²) in [6.45, 7) is 1.56. The van der Waals surface area contributed by atoms with Crippen LogP contribution in [-0.2, 0) is 4.94 Å². The minimum absolute atomic E-state index is 0.0442. The summed E-state index contributed by atoms with van der Waals surface area (Å²) in [5.74, 6) is -3.81. The number of carbonyl (C=O) groups excluding carboxylic acids is 1. The molecule has 0 aliphatic rings. The van der Waals surface area contributed by atoms with Crippen molar-refractivity contribution in [3.05, 3.63) is 77.1 Å². The lowest BCUT2D eigenvalue weighted by Crippen LogP contribution is -2.08. The Morgan fingerprint density at radius 1 is 1.04 bits per heavy atom. The van der Waals surface area contributed by atoms with E-state index >= 15 is 0 Å². The second-order valence-corrected chi connectivity index (χ2v) is 5.51. The molecule has 0 bridgehead atoms. The minimum Gasteiger partial charge on any atom is -0.249 e. The van der Waals surface area contributed by atoms with Crippen molar-refractivity contribution in [1.29, 1.82) is 0 Å². The van der Waals surface area contributed by atoms with E-state index in [0.717, 1.165) is 18.2 Å². The Bertz CT molecular complexity index is 1020. The molecule has 0 amide bonds. The predicted molar refractivity (Wildman–Crippen MR) is 90.5 cm³/mol. The quantitative estimate of drug-likeness (QED) is 0.536. The van der Waals surface area contributed by atoms with E-state index in [2.05, 4.69) is 4.94 Å². The first-order valence-electron chi connectivity index (χ1n) is 7.64. The van der Waals surface area contributed by atoms with Crippen molar-refractivity contribution in [2.75, 3.05) is 0 Å². The van der Waals surface area contributed by atoms with E-state index in [4.69, 9.17) is 0 Å². The molecule has 0 aliphatic carbocycles. The molecule has 0 radical (unpaired) electrons. The maximum atomic E-state index is 15.0. The highest BCUT2D eigenvalue weighted by Crippen LogP contribution is 2.39. The molecule has 26 heavy (non-hydrogen) atoms. The fraction of sp³-hybridized carbons (Fsp3) is 0.0500. The van der Waals surface area contributed by atoms with E-state index in [1.807, 2.05) is 0 Å². The van der Waals surface area contributed by atoms with Crippen molar-refractivity contribution >= 4 is 22.8 Å². The van der Waals surface area contributed by atoms with Crippen LogP contribution in [0.2, 0.25) is 0 Å². The van der Waals surface area contributed by atoms with Crippen LogP contribution in [0, 0.1) is 17.5 Å². The first-order chi connectivity index (χ1) is 12.5. The van der Waals surface area contributed by atoms with Gasteiger partial charge in [0.25, 0.3) is 0 Å². The molecular weight excluding hydrogens is 348 g/mol. The largest absolute Gasteiger partial charge is 0.380 e. The van der Waals surface area contributed by atoms with E-state index < -0.39 is 29.0 Å². The smallest absolute Gasteiger partial charge is 0.249 e. The molecule has 6 heteroatoms. The second-order valence-electron chi connectivity index (χ2n) is 5.51. The lowest BCUT2D eigenvalue weighted by Gasteiger charge is -2.16. The highest BCUT2D eigenvalue weighted by molar-refractivity contribution is 6.11. The highest BCUT2D eigenvalue weighted by atomic mass is 19.3. The van der Waals surface area contributed by atoms with Gasteiger partial charge in [0, 0.05) is 15.7 Å². The average molecular weight is 360 g/mol. The van der Waals surface area contributed by atoms with Crippen LogP contribution in [0.1, 0.15) is 22.8 Å². The van der Waals surface area contributed by atoms with Crippen LogP contribution < -0.4 is 0 Å². The van der Waals surface area contributed by atoms with Gasteiger partial charge in [-0.1, -0.05) is 36.4 Å². The van der Waals surface area contributed by atoms with Crippen molar-refractivity contribution in [3.63, 3.8) is 0 Å². The summed E-state index contributed by atoms with van der Waals surface area (Å²) in [5, 5.41) is -0.307. The molecule has 0 fully saturated rings. The Morgan fingerprint density at radius 2 is 1.73 bits per heavy atom. The first kappa shape index (κ1) is 17.7. The van der Waals surface area contributed by atoms with Crippen LogP contribution in [0.5, 0.6) is 0 Å². The number of halogens is 4. The van der Waals surface area contributed by atoms with Gasteiger partial charge in [0.15, 0.2) is 0 Å². The molecule has 0 spiro atoms. The van der Waals surface area contributed by atoms with Gasteiger partial charge in [-0.25, -0.2) is 22.9 Å². The number of carbonyl (C=O) groups is 1. The lowest BCUT2D eigenvalue weighted by molar-refractivity contribution is -0.0787. The van der Waals surface area contributed by atoms with Gasteiger partial charge < -0.3 is 0 Å². The molecule has 132 valence electrons. The van der Waals surface area contributed by atoms with Gasteiger partial charge in [-0.3, -0.25) is 0 Å². The van der Waals surface area contributed by atoms with Gasteiger partial charge in [-0.15, -0.1) is 0 Å². The Morgan fingerprint density at radius 3 is 2.35 bits per heavy atom. The molecule has 3 rings (SSSR count). The van der Waals surface area contributed by atoms with Crippen molar-refractivity contribution in [3.8, 4) is 11.1 Å². The topological polar surface area (TPSA) is 26.3 Å². The minimum atomic E-state index is -1.43. The number of hydrogen-bond acceptors (Lipinski definition) is 2. The zero-order valence-corrected chi connectivity index (χ0v) is 13.5. The summed E-state index contributed by atoms with van der Waals surface area (Å²) in [7, 11) is 0. The fourth-order valence-electron chi connectivity index (χ4n) is 2.96. The monoisotopic (exact) mass is 360 g/mol. The first-order valence-corrected chi connectivity index (χ1v) is 7.64. The lowest BCUT2D eigenvalue weighted by atomic mass is 9.88. The van der Waals surface area contributed by atoms with E-state index in [1.165, 1.54) is 36.4 Å². The zero-order chi connectivity index (χ0) is 18.8. The molecule has 0 N–H and O–H groups in total. The summed E-state index contributed by atoms with van der Waals surface area (Å²) in [6, 6.07) is 8.74. The number of hydrogen-bond donors (Lipinski definition) is 0. The third kappa shape index (κ3) is 2.83. The van der Waals surface area contributed by atoms with E-state index in [1.54, 1.807) is 6.92 Å². The molecular formula is C20H12F4O2. The van der Waals surface area contributed by atoms with E-state index in [-0.39, 0.29) is 27.5 Å². The van der Waals surface area contributed by atoms with Crippen LogP contribution in [0.25, 0.3) is 28.0 Å². The van der Waals surface area contributed by atoms with Gasteiger partial charge in [0.05, 0.1) is 10.9 Å². The molecule has 0 saturated carbocycles. The van der Waals surface area contributed by atoms with Gasteiger partial charge in [-0.2, -0.15) is 0 Å². The van der Waals surface area contributed by atoms with Crippen LogP contribution >= 0.6 is 0 Å². The molecule has 0 heterocycles. The molecule has 0 saturated heterocycles. The normalized spacial score (nSPS) is 11.3. The third-order valence-corrected chi connectivity index (χ3v) is 4.00. The Balaban J connectivity index is 2.57. The highest BCUT2D eigenvalue weighted by Gasteiger charge is 2.27. The van der Waals surface area contributed by atoms with Crippen molar-refractivity contribution < 1.29 is 27.4 Å². The predicted octanol–water partition coefficient (Wildman–Crippen LogP) is 6.00. The maximum Gasteiger partial charge on any atom is 0.380 e. The molecule has 0 unspecified atom stereocenters. The number of rotatable bonds is 3. The van der Waals surface area contributed by atoms with Crippen LogP contribution in [0.15, 0.2) is 48.5 Å². The molecule has 3 aromatic carbocycles.